The van der Waals surface area contributed by atoms with Crippen LogP contribution in [0.3, 0.4) is 0 Å². The molecule has 0 aliphatic heterocycles. The van der Waals surface area contributed by atoms with Crippen molar-refractivity contribution in [2.24, 2.45) is 0 Å². The molecule has 0 aromatic rings. The molecule has 0 spiro atoms. The second kappa shape index (κ2) is 14.1. The Morgan fingerprint density at radius 2 is 0.950 bits per heavy atom. The Morgan fingerprint density at radius 3 is 1.15 bits per heavy atom. The van der Waals surface area contributed by atoms with E-state index < -0.39 is 0 Å². The lowest BCUT2D eigenvalue weighted by Gasteiger charge is -1.93. The third kappa shape index (κ3) is 19.0. The van der Waals surface area contributed by atoms with Crippen molar-refractivity contribution in [1.82, 2.24) is 0 Å². The molecular formula is C16H28O4. The summed E-state index contributed by atoms with van der Waals surface area (Å²) in [6, 6.07) is 0. The average molecular weight is 284 g/mol. The van der Waals surface area contributed by atoms with Crippen molar-refractivity contribution in [2.75, 3.05) is 0 Å². The van der Waals surface area contributed by atoms with Gasteiger partial charge in [0, 0.05) is 12.8 Å². The number of hydrogen-bond donors (Lipinski definition) is 0. The fourth-order valence-electron chi connectivity index (χ4n) is 1.48. The quantitative estimate of drug-likeness (QED) is 0.576. The molecule has 0 atom stereocenters. The molecule has 0 saturated carbocycles. The summed E-state index contributed by atoms with van der Waals surface area (Å²) in [4.78, 5) is 42.4. The first-order valence-corrected chi connectivity index (χ1v) is 7.35. The van der Waals surface area contributed by atoms with Gasteiger partial charge in [-0.2, -0.15) is 0 Å². The van der Waals surface area contributed by atoms with E-state index in [0.29, 0.717) is 12.8 Å². The van der Waals surface area contributed by atoms with Gasteiger partial charge in [-0.3, -0.25) is 19.2 Å². The second-order valence-electron chi connectivity index (χ2n) is 5.04. The summed E-state index contributed by atoms with van der Waals surface area (Å²) in [7, 11) is 0. The Morgan fingerprint density at radius 1 is 0.650 bits per heavy atom. The van der Waals surface area contributed by atoms with E-state index in [1.807, 2.05) is 13.8 Å². The highest BCUT2D eigenvalue weighted by molar-refractivity contribution is 5.98. The van der Waals surface area contributed by atoms with Crippen LogP contribution in [0.15, 0.2) is 0 Å². The Kier molecular flexibility index (Phi) is 14.8. The van der Waals surface area contributed by atoms with E-state index in [1.54, 1.807) is 0 Å². The topological polar surface area (TPSA) is 68.3 Å². The number of hydrogen-bond acceptors (Lipinski definition) is 4. The van der Waals surface area contributed by atoms with Gasteiger partial charge in [-0.15, -0.1) is 0 Å². The van der Waals surface area contributed by atoms with E-state index in [2.05, 4.69) is 0 Å². The van der Waals surface area contributed by atoms with Gasteiger partial charge < -0.3 is 0 Å². The van der Waals surface area contributed by atoms with Crippen LogP contribution in [0.4, 0.5) is 0 Å². The third-order valence-electron chi connectivity index (χ3n) is 2.51. The molecule has 0 amide bonds. The molecule has 0 aromatic heterocycles. The highest BCUT2D eigenvalue weighted by atomic mass is 16.2. The number of unbranched alkanes of at least 4 members (excludes halogenated alkanes) is 2. The number of Topliss-reactive ketones (excluding diaryl/α,β-unsaturated/α-hetero) is 4. The van der Waals surface area contributed by atoms with Crippen LogP contribution < -0.4 is 0 Å². The van der Waals surface area contributed by atoms with Crippen LogP contribution >= 0.6 is 0 Å². The molecule has 20 heavy (non-hydrogen) atoms. The molecule has 0 aromatic carbocycles. The number of rotatable bonds is 10. The van der Waals surface area contributed by atoms with E-state index in [-0.39, 0.29) is 36.0 Å². The number of ketones is 4. The molecule has 0 saturated heterocycles. The van der Waals surface area contributed by atoms with E-state index in [9.17, 15) is 19.2 Å². The van der Waals surface area contributed by atoms with Gasteiger partial charge in [0.25, 0.3) is 0 Å². The summed E-state index contributed by atoms with van der Waals surface area (Å²) in [5.41, 5.74) is 0. The van der Waals surface area contributed by atoms with Gasteiger partial charge in [0.15, 0.2) is 0 Å². The minimum atomic E-state index is -0.0268. The van der Waals surface area contributed by atoms with Crippen molar-refractivity contribution >= 4 is 23.1 Å². The fourth-order valence-corrected chi connectivity index (χ4v) is 1.48. The van der Waals surface area contributed by atoms with Crippen molar-refractivity contribution in [3.8, 4) is 0 Å². The van der Waals surface area contributed by atoms with Crippen LogP contribution in [-0.4, -0.2) is 23.1 Å². The van der Waals surface area contributed by atoms with Crippen LogP contribution in [0.1, 0.15) is 79.1 Å². The molecule has 0 heterocycles. The molecule has 0 radical (unpaired) electrons. The molecule has 4 nitrogen and oxygen atoms in total. The summed E-state index contributed by atoms with van der Waals surface area (Å²) >= 11 is 0. The first kappa shape index (κ1) is 21.0. The Labute approximate surface area is 122 Å². The SMILES string of the molecule is CCCCC(=O)CC(C)=O.CCCCC(=O)CC(C)=O. The lowest BCUT2D eigenvalue weighted by molar-refractivity contribution is -0.127. The smallest absolute Gasteiger partial charge is 0.140 e. The molecular weight excluding hydrogens is 256 g/mol. The monoisotopic (exact) mass is 284 g/mol. The van der Waals surface area contributed by atoms with Gasteiger partial charge in [-0.1, -0.05) is 26.7 Å². The number of carbonyl (C=O) groups is 4. The lowest BCUT2D eigenvalue weighted by atomic mass is 10.1. The van der Waals surface area contributed by atoms with Gasteiger partial charge in [-0.25, -0.2) is 0 Å². The van der Waals surface area contributed by atoms with Crippen molar-refractivity contribution in [3.63, 3.8) is 0 Å². The highest BCUT2D eigenvalue weighted by Crippen LogP contribution is 1.99. The van der Waals surface area contributed by atoms with Crippen LogP contribution in [0, 0.1) is 0 Å². The summed E-state index contributed by atoms with van der Waals surface area (Å²) in [6.07, 6.45) is 5.23. The lowest BCUT2D eigenvalue weighted by Crippen LogP contribution is -2.03. The summed E-state index contributed by atoms with van der Waals surface area (Å²) in [5.74, 6) is 0.103. The highest BCUT2D eigenvalue weighted by Gasteiger charge is 2.03. The van der Waals surface area contributed by atoms with Crippen LogP contribution in [-0.2, 0) is 19.2 Å². The first-order chi connectivity index (χ1) is 9.33. The fraction of sp³-hybridized carbons (Fsp3) is 0.750. The van der Waals surface area contributed by atoms with E-state index in [0.717, 1.165) is 25.7 Å². The first-order valence-electron chi connectivity index (χ1n) is 7.35. The van der Waals surface area contributed by atoms with Crippen molar-refractivity contribution in [1.29, 1.82) is 0 Å². The maximum absolute atomic E-state index is 10.8. The maximum atomic E-state index is 10.8. The molecule has 0 bridgehead atoms. The Balaban J connectivity index is 0. The Hall–Kier alpha value is -1.32. The van der Waals surface area contributed by atoms with Gasteiger partial charge >= 0.3 is 0 Å². The zero-order valence-corrected chi connectivity index (χ0v) is 13.3. The van der Waals surface area contributed by atoms with Gasteiger partial charge in [-0.05, 0) is 26.7 Å². The largest absolute Gasteiger partial charge is 0.300 e. The minimum Gasteiger partial charge on any atom is -0.300 e. The van der Waals surface area contributed by atoms with Crippen molar-refractivity contribution in [2.45, 2.75) is 79.1 Å². The molecule has 0 fully saturated rings. The predicted octanol–water partition coefficient (Wildman–Crippen LogP) is 3.45. The van der Waals surface area contributed by atoms with E-state index in [4.69, 9.17) is 0 Å². The molecule has 0 rings (SSSR count). The predicted molar refractivity (Wildman–Crippen MR) is 79.7 cm³/mol. The molecule has 116 valence electrons. The molecule has 0 unspecified atom stereocenters. The molecule has 0 N–H and O–H groups in total. The van der Waals surface area contributed by atoms with Crippen LogP contribution in [0.2, 0.25) is 0 Å². The standard InChI is InChI=1S/2C8H14O2/c2*1-3-4-5-8(10)6-7(2)9/h2*3-6H2,1-2H3. The molecule has 0 aliphatic rings. The summed E-state index contributed by atoms with van der Waals surface area (Å²) < 4.78 is 0. The second-order valence-corrected chi connectivity index (χ2v) is 5.04. The normalized spacial score (nSPS) is 9.40. The minimum absolute atomic E-state index is 0.0268. The zero-order chi connectivity index (χ0) is 16.0. The van der Waals surface area contributed by atoms with E-state index in [1.165, 1.54) is 13.8 Å². The third-order valence-corrected chi connectivity index (χ3v) is 2.51. The van der Waals surface area contributed by atoms with Crippen molar-refractivity contribution < 1.29 is 19.2 Å². The zero-order valence-electron chi connectivity index (χ0n) is 13.3. The summed E-state index contributed by atoms with van der Waals surface area (Å²) in [5, 5.41) is 0. The average Bonchev–Trinajstić information content (AvgIpc) is 2.33. The van der Waals surface area contributed by atoms with Gasteiger partial charge in [0.05, 0.1) is 12.8 Å². The van der Waals surface area contributed by atoms with Crippen molar-refractivity contribution in [3.05, 3.63) is 0 Å². The van der Waals surface area contributed by atoms with Crippen LogP contribution in [0.25, 0.3) is 0 Å². The van der Waals surface area contributed by atoms with Crippen LogP contribution in [0.5, 0.6) is 0 Å². The van der Waals surface area contributed by atoms with Gasteiger partial charge in [0.2, 0.25) is 0 Å². The molecule has 4 heteroatoms. The van der Waals surface area contributed by atoms with E-state index >= 15 is 0 Å². The van der Waals surface area contributed by atoms with Gasteiger partial charge in [0.1, 0.15) is 23.1 Å². The Bertz CT molecular complexity index is 286. The maximum Gasteiger partial charge on any atom is 0.140 e. The molecule has 0 aliphatic carbocycles. The number of carbonyl (C=O) groups excluding carboxylic acids is 4. The summed E-state index contributed by atoms with van der Waals surface area (Å²) in [6.45, 7) is 6.95.